The van der Waals surface area contributed by atoms with Crippen LogP contribution in [0.15, 0.2) is 66.4 Å². The second-order valence-corrected chi connectivity index (χ2v) is 7.42. The molecule has 1 N–H and O–H groups in total. The molecular formula is C25H20F2N2O3. The number of amides is 2. The number of hydrogen-bond acceptors (Lipinski definition) is 4. The number of nitrogens with one attached hydrogen (secondary N) is 1. The molecule has 0 spiro atoms. The van der Waals surface area contributed by atoms with Gasteiger partial charge in [-0.2, -0.15) is 0 Å². The maximum Gasteiger partial charge on any atom is 0.282 e. The van der Waals surface area contributed by atoms with Crippen LogP contribution in [0.25, 0.3) is 5.57 Å². The van der Waals surface area contributed by atoms with Crippen molar-refractivity contribution in [3.8, 4) is 5.75 Å². The lowest BCUT2D eigenvalue weighted by Crippen LogP contribution is -2.32. The van der Waals surface area contributed by atoms with E-state index in [0.717, 1.165) is 28.2 Å². The summed E-state index contributed by atoms with van der Waals surface area (Å²) in [5.41, 5.74) is 3.09. The Morgan fingerprint density at radius 2 is 1.59 bits per heavy atom. The minimum Gasteiger partial charge on any atom is -0.495 e. The van der Waals surface area contributed by atoms with E-state index in [9.17, 15) is 18.4 Å². The molecule has 0 unspecified atom stereocenters. The Bertz CT molecular complexity index is 1280. The highest BCUT2D eigenvalue weighted by Crippen LogP contribution is 2.36. The molecule has 1 aliphatic heterocycles. The average Bonchev–Trinajstić information content (AvgIpc) is 3.02. The molecule has 162 valence electrons. The van der Waals surface area contributed by atoms with Crippen LogP contribution in [-0.4, -0.2) is 18.9 Å². The van der Waals surface area contributed by atoms with E-state index < -0.39 is 23.4 Å². The fraction of sp³-hybridized carbons (Fsp3) is 0.120. The fourth-order valence-electron chi connectivity index (χ4n) is 3.55. The van der Waals surface area contributed by atoms with Gasteiger partial charge in [-0.25, -0.2) is 13.7 Å². The van der Waals surface area contributed by atoms with Crippen LogP contribution in [0.1, 0.15) is 16.7 Å². The molecule has 0 fully saturated rings. The number of carbonyl (C=O) groups excluding carboxylic acids is 2. The Balaban J connectivity index is 1.87. The van der Waals surface area contributed by atoms with Crippen LogP contribution in [0, 0.1) is 25.5 Å². The molecule has 5 nitrogen and oxygen atoms in total. The van der Waals surface area contributed by atoms with Gasteiger partial charge < -0.3 is 10.1 Å². The van der Waals surface area contributed by atoms with Gasteiger partial charge in [0.05, 0.1) is 24.1 Å². The smallest absolute Gasteiger partial charge is 0.282 e. The van der Waals surface area contributed by atoms with Crippen molar-refractivity contribution >= 4 is 28.8 Å². The van der Waals surface area contributed by atoms with Crippen molar-refractivity contribution in [1.82, 2.24) is 0 Å². The third kappa shape index (κ3) is 3.62. The Morgan fingerprint density at radius 1 is 0.844 bits per heavy atom. The van der Waals surface area contributed by atoms with E-state index in [1.54, 1.807) is 30.3 Å². The molecule has 0 atom stereocenters. The highest BCUT2D eigenvalue weighted by atomic mass is 19.2. The Hall–Kier alpha value is -4.00. The molecule has 0 aliphatic carbocycles. The minimum atomic E-state index is -1.15. The van der Waals surface area contributed by atoms with E-state index >= 15 is 0 Å². The van der Waals surface area contributed by atoms with E-state index in [1.807, 2.05) is 26.0 Å². The molecule has 0 bridgehead atoms. The molecule has 0 saturated heterocycles. The summed E-state index contributed by atoms with van der Waals surface area (Å²) >= 11 is 0. The molecule has 1 heterocycles. The number of carbonyl (C=O) groups is 2. The van der Waals surface area contributed by atoms with Crippen LogP contribution in [0.3, 0.4) is 0 Å². The zero-order valence-electron chi connectivity index (χ0n) is 17.7. The van der Waals surface area contributed by atoms with Crippen LogP contribution in [-0.2, 0) is 9.59 Å². The van der Waals surface area contributed by atoms with Gasteiger partial charge in [-0.05, 0) is 54.8 Å². The number of rotatable bonds is 5. The number of aryl methyl sites for hydroxylation is 2. The van der Waals surface area contributed by atoms with Gasteiger partial charge in [0, 0.05) is 6.07 Å². The van der Waals surface area contributed by atoms with Crippen molar-refractivity contribution in [2.75, 3.05) is 17.3 Å². The van der Waals surface area contributed by atoms with Gasteiger partial charge in [0.2, 0.25) is 0 Å². The molecular weight excluding hydrogens is 414 g/mol. The molecule has 0 radical (unpaired) electrons. The summed E-state index contributed by atoms with van der Waals surface area (Å²) < 4.78 is 32.7. The quantitative estimate of drug-likeness (QED) is 0.575. The zero-order chi connectivity index (χ0) is 23.0. The summed E-state index contributed by atoms with van der Waals surface area (Å²) in [6, 6.07) is 15.3. The Morgan fingerprint density at radius 3 is 2.28 bits per heavy atom. The fourth-order valence-corrected chi connectivity index (χ4v) is 3.55. The summed E-state index contributed by atoms with van der Waals surface area (Å²) in [7, 11) is 1.49. The molecule has 2 amide bonds. The third-order valence-corrected chi connectivity index (χ3v) is 5.41. The number of nitrogens with zero attached hydrogens (tertiary/aromatic N) is 1. The maximum atomic E-state index is 13.9. The van der Waals surface area contributed by atoms with Crippen molar-refractivity contribution in [3.63, 3.8) is 0 Å². The lowest BCUT2D eigenvalue weighted by Gasteiger charge is -2.16. The van der Waals surface area contributed by atoms with E-state index in [0.29, 0.717) is 17.0 Å². The van der Waals surface area contributed by atoms with Crippen molar-refractivity contribution in [1.29, 1.82) is 0 Å². The summed E-state index contributed by atoms with van der Waals surface area (Å²) in [6.45, 7) is 3.85. The number of imide groups is 1. The number of halogens is 2. The monoisotopic (exact) mass is 434 g/mol. The first-order chi connectivity index (χ1) is 15.3. The number of methoxy groups -OCH3 is 1. The van der Waals surface area contributed by atoms with Crippen LogP contribution >= 0.6 is 0 Å². The topological polar surface area (TPSA) is 58.6 Å². The average molecular weight is 434 g/mol. The van der Waals surface area contributed by atoms with Crippen molar-refractivity contribution in [2.24, 2.45) is 0 Å². The SMILES string of the molecule is COc1ccccc1NC1=C(c2ccc(C)c(C)c2)C(=O)N(c2ccc(F)c(F)c2)C1=O. The van der Waals surface area contributed by atoms with Crippen molar-refractivity contribution in [3.05, 3.63) is 94.7 Å². The van der Waals surface area contributed by atoms with Crippen LogP contribution in [0.2, 0.25) is 0 Å². The Labute approximate surface area is 183 Å². The number of anilines is 2. The molecule has 32 heavy (non-hydrogen) atoms. The maximum absolute atomic E-state index is 13.9. The summed E-state index contributed by atoms with van der Waals surface area (Å²) in [5.74, 6) is -3.06. The van der Waals surface area contributed by atoms with Gasteiger partial charge >= 0.3 is 0 Å². The van der Waals surface area contributed by atoms with Crippen LogP contribution in [0.4, 0.5) is 20.2 Å². The molecule has 1 aliphatic rings. The minimum absolute atomic E-state index is 0.0208. The van der Waals surface area contributed by atoms with Crippen LogP contribution < -0.4 is 15.0 Å². The summed E-state index contributed by atoms with van der Waals surface area (Å²) in [4.78, 5) is 27.6. The lowest BCUT2D eigenvalue weighted by atomic mass is 9.99. The number of ether oxygens (including phenoxy) is 1. The second kappa shape index (κ2) is 8.26. The Kier molecular flexibility index (Phi) is 5.48. The van der Waals surface area contributed by atoms with E-state index in [1.165, 1.54) is 13.2 Å². The molecule has 4 rings (SSSR count). The van der Waals surface area contributed by atoms with Gasteiger partial charge in [0.1, 0.15) is 11.4 Å². The first kappa shape index (κ1) is 21.2. The van der Waals surface area contributed by atoms with Gasteiger partial charge in [0.15, 0.2) is 11.6 Å². The predicted octanol–water partition coefficient (Wildman–Crippen LogP) is 4.99. The molecule has 0 aromatic heterocycles. The van der Waals surface area contributed by atoms with Crippen molar-refractivity contribution in [2.45, 2.75) is 13.8 Å². The van der Waals surface area contributed by atoms with Crippen LogP contribution in [0.5, 0.6) is 5.75 Å². The van der Waals surface area contributed by atoms with E-state index in [2.05, 4.69) is 5.32 Å². The molecule has 7 heteroatoms. The highest BCUT2D eigenvalue weighted by Gasteiger charge is 2.40. The van der Waals surface area contributed by atoms with E-state index in [-0.39, 0.29) is 17.0 Å². The van der Waals surface area contributed by atoms with Gasteiger partial charge in [-0.1, -0.05) is 30.3 Å². The first-order valence-corrected chi connectivity index (χ1v) is 9.87. The van der Waals surface area contributed by atoms with Crippen molar-refractivity contribution < 1.29 is 23.1 Å². The van der Waals surface area contributed by atoms with Gasteiger partial charge in [-0.15, -0.1) is 0 Å². The predicted molar refractivity (Wildman–Crippen MR) is 118 cm³/mol. The normalized spacial score (nSPS) is 13.7. The van der Waals surface area contributed by atoms with Gasteiger partial charge in [-0.3, -0.25) is 9.59 Å². The third-order valence-electron chi connectivity index (χ3n) is 5.41. The highest BCUT2D eigenvalue weighted by molar-refractivity contribution is 6.46. The second-order valence-electron chi connectivity index (χ2n) is 7.42. The molecule has 3 aromatic carbocycles. The molecule has 3 aromatic rings. The zero-order valence-corrected chi connectivity index (χ0v) is 17.7. The summed E-state index contributed by atoms with van der Waals surface area (Å²) in [6.07, 6.45) is 0. The first-order valence-electron chi connectivity index (χ1n) is 9.87. The van der Waals surface area contributed by atoms with Gasteiger partial charge in [0.25, 0.3) is 11.8 Å². The lowest BCUT2D eigenvalue weighted by molar-refractivity contribution is -0.120. The standard InChI is InChI=1S/C25H20F2N2O3/c1-14-8-9-16(12-15(14)2)22-23(28-20-6-4-5-7-21(20)32-3)25(31)29(24(22)30)17-10-11-18(26)19(27)13-17/h4-13,28H,1-3H3. The number of para-hydroxylation sites is 2. The number of benzene rings is 3. The molecule has 0 saturated carbocycles. The number of hydrogen-bond donors (Lipinski definition) is 1. The summed E-state index contributed by atoms with van der Waals surface area (Å²) in [5, 5.41) is 3.02. The van der Waals surface area contributed by atoms with E-state index in [4.69, 9.17) is 4.74 Å². The largest absolute Gasteiger partial charge is 0.495 e.